The van der Waals surface area contributed by atoms with Crippen molar-refractivity contribution >= 4 is 11.9 Å². The molecule has 1 aromatic carbocycles. The van der Waals surface area contributed by atoms with Crippen LogP contribution in [0.1, 0.15) is 30.8 Å². The number of amides is 1. The highest BCUT2D eigenvalue weighted by molar-refractivity contribution is 5.87. The van der Waals surface area contributed by atoms with Crippen LogP contribution < -0.4 is 5.32 Å². The molecule has 6 heteroatoms. The Morgan fingerprint density at radius 3 is 2.39 bits per heavy atom. The van der Waals surface area contributed by atoms with Crippen LogP contribution >= 0.6 is 0 Å². The van der Waals surface area contributed by atoms with Gasteiger partial charge in [-0.15, -0.1) is 0 Å². The van der Waals surface area contributed by atoms with Gasteiger partial charge in [0.15, 0.2) is 0 Å². The number of nitrogens with zero attached hydrogens (tertiary/aromatic N) is 2. The van der Waals surface area contributed by atoms with E-state index in [0.29, 0.717) is 0 Å². The number of carbonyl (C=O) groups excluding carboxylic acids is 1. The van der Waals surface area contributed by atoms with Gasteiger partial charge in [-0.25, -0.2) is 9.48 Å². The molecule has 0 bridgehead atoms. The number of carbonyl (C=O) groups is 2. The van der Waals surface area contributed by atoms with E-state index in [1.807, 2.05) is 44.2 Å². The number of carboxylic acids is 1. The number of carboxylic acid groups (broad SMARTS) is 1. The lowest BCUT2D eigenvalue weighted by atomic mass is 10.0. The van der Waals surface area contributed by atoms with E-state index in [-0.39, 0.29) is 12.3 Å². The molecule has 0 aliphatic rings. The fourth-order valence-electron chi connectivity index (χ4n) is 2.36. The number of hydrogen-bond donors (Lipinski definition) is 2. The van der Waals surface area contributed by atoms with E-state index in [9.17, 15) is 9.59 Å². The van der Waals surface area contributed by atoms with E-state index in [2.05, 4.69) is 10.4 Å². The molecular weight excluding hydrogens is 294 g/mol. The third-order valence-corrected chi connectivity index (χ3v) is 3.77. The van der Waals surface area contributed by atoms with E-state index >= 15 is 0 Å². The van der Waals surface area contributed by atoms with Crippen molar-refractivity contribution in [1.29, 1.82) is 0 Å². The van der Waals surface area contributed by atoms with E-state index in [0.717, 1.165) is 22.6 Å². The Morgan fingerprint density at radius 1 is 1.22 bits per heavy atom. The molecule has 2 aromatic rings. The SMILES string of the molecule is Cc1nn(-c2ccccc2)c(C)c1CC(=O)NC(C)(C)C(=O)O. The number of para-hydroxylation sites is 1. The lowest BCUT2D eigenvalue weighted by molar-refractivity contribution is -0.145. The number of nitrogens with one attached hydrogen (secondary N) is 1. The minimum Gasteiger partial charge on any atom is -0.480 e. The van der Waals surface area contributed by atoms with E-state index in [4.69, 9.17) is 5.11 Å². The van der Waals surface area contributed by atoms with Crippen LogP contribution in [-0.4, -0.2) is 32.3 Å². The minimum atomic E-state index is -1.30. The molecule has 23 heavy (non-hydrogen) atoms. The van der Waals surface area contributed by atoms with Gasteiger partial charge >= 0.3 is 5.97 Å². The van der Waals surface area contributed by atoms with Gasteiger partial charge in [0.1, 0.15) is 5.54 Å². The second-order valence-corrected chi connectivity index (χ2v) is 6.05. The Labute approximate surface area is 135 Å². The molecule has 1 heterocycles. The summed E-state index contributed by atoms with van der Waals surface area (Å²) in [5.74, 6) is -1.41. The van der Waals surface area contributed by atoms with Crippen LogP contribution in [0, 0.1) is 13.8 Å². The van der Waals surface area contributed by atoms with Gasteiger partial charge in [0.2, 0.25) is 5.91 Å². The van der Waals surface area contributed by atoms with Gasteiger partial charge in [-0.3, -0.25) is 4.79 Å². The number of rotatable bonds is 5. The van der Waals surface area contributed by atoms with Crippen LogP contribution in [0.5, 0.6) is 0 Å². The van der Waals surface area contributed by atoms with Crippen LogP contribution in [0.2, 0.25) is 0 Å². The number of aromatic nitrogens is 2. The Balaban J connectivity index is 2.23. The van der Waals surface area contributed by atoms with Crippen molar-refractivity contribution in [1.82, 2.24) is 15.1 Å². The summed E-state index contributed by atoms with van der Waals surface area (Å²) in [6, 6.07) is 9.66. The lowest BCUT2D eigenvalue weighted by Gasteiger charge is -2.21. The van der Waals surface area contributed by atoms with Gasteiger partial charge in [-0.2, -0.15) is 5.10 Å². The number of aryl methyl sites for hydroxylation is 1. The van der Waals surface area contributed by atoms with Crippen molar-refractivity contribution in [3.05, 3.63) is 47.3 Å². The predicted octanol–water partition coefficient (Wildman–Crippen LogP) is 2.01. The van der Waals surface area contributed by atoms with Gasteiger partial charge in [0, 0.05) is 11.3 Å². The number of hydrogen-bond acceptors (Lipinski definition) is 3. The first-order chi connectivity index (χ1) is 10.7. The highest BCUT2D eigenvalue weighted by Gasteiger charge is 2.29. The van der Waals surface area contributed by atoms with Crippen LogP contribution in [0.4, 0.5) is 0 Å². The maximum atomic E-state index is 12.2. The third-order valence-electron chi connectivity index (χ3n) is 3.77. The summed E-state index contributed by atoms with van der Waals surface area (Å²) >= 11 is 0. The summed E-state index contributed by atoms with van der Waals surface area (Å²) in [7, 11) is 0. The van der Waals surface area contributed by atoms with Gasteiger partial charge in [-0.05, 0) is 39.8 Å². The molecule has 0 unspecified atom stereocenters. The summed E-state index contributed by atoms with van der Waals surface area (Å²) in [5.41, 5.74) is 2.07. The zero-order chi connectivity index (χ0) is 17.2. The molecule has 0 fully saturated rings. The van der Waals surface area contributed by atoms with E-state index in [1.165, 1.54) is 13.8 Å². The Bertz CT molecular complexity index is 733. The van der Waals surface area contributed by atoms with Gasteiger partial charge < -0.3 is 10.4 Å². The summed E-state index contributed by atoms with van der Waals surface area (Å²) in [4.78, 5) is 23.3. The van der Waals surface area contributed by atoms with Crippen LogP contribution in [0.3, 0.4) is 0 Å². The summed E-state index contributed by atoms with van der Waals surface area (Å²) in [5, 5.41) is 16.1. The smallest absolute Gasteiger partial charge is 0.328 e. The predicted molar refractivity (Wildman–Crippen MR) is 86.6 cm³/mol. The Hall–Kier alpha value is -2.63. The number of aliphatic carboxylic acids is 1. The molecule has 0 radical (unpaired) electrons. The van der Waals surface area contributed by atoms with Crippen LogP contribution in [0.15, 0.2) is 30.3 Å². The Morgan fingerprint density at radius 2 is 1.83 bits per heavy atom. The molecule has 1 amide bonds. The molecule has 2 N–H and O–H groups in total. The average molecular weight is 315 g/mol. The fraction of sp³-hybridized carbons (Fsp3) is 0.353. The standard InChI is InChI=1S/C17H21N3O3/c1-11-14(10-15(21)18-17(3,4)16(22)23)12(2)20(19-11)13-8-6-5-7-9-13/h5-9H,10H2,1-4H3,(H,18,21)(H,22,23). The van der Waals surface area contributed by atoms with Crippen molar-refractivity contribution < 1.29 is 14.7 Å². The maximum absolute atomic E-state index is 12.2. The highest BCUT2D eigenvalue weighted by atomic mass is 16.4. The van der Waals surface area contributed by atoms with Gasteiger partial charge in [-0.1, -0.05) is 18.2 Å². The maximum Gasteiger partial charge on any atom is 0.328 e. The normalized spacial score (nSPS) is 11.3. The molecule has 2 rings (SSSR count). The summed E-state index contributed by atoms with van der Waals surface area (Å²) in [6.45, 7) is 6.66. The molecule has 0 spiro atoms. The first kappa shape index (κ1) is 16.7. The van der Waals surface area contributed by atoms with E-state index in [1.54, 1.807) is 4.68 Å². The topological polar surface area (TPSA) is 84.2 Å². The molecule has 0 aliphatic carbocycles. The zero-order valence-corrected chi connectivity index (χ0v) is 13.8. The van der Waals surface area contributed by atoms with Gasteiger partial charge in [0.05, 0.1) is 17.8 Å². The first-order valence-corrected chi connectivity index (χ1v) is 7.37. The third kappa shape index (κ3) is 3.59. The first-order valence-electron chi connectivity index (χ1n) is 7.37. The molecule has 1 aromatic heterocycles. The average Bonchev–Trinajstić information content (AvgIpc) is 2.75. The van der Waals surface area contributed by atoms with Crippen molar-refractivity contribution in [2.45, 2.75) is 39.7 Å². The zero-order valence-electron chi connectivity index (χ0n) is 13.8. The van der Waals surface area contributed by atoms with Crippen molar-refractivity contribution in [3.8, 4) is 5.69 Å². The van der Waals surface area contributed by atoms with E-state index < -0.39 is 11.5 Å². The van der Waals surface area contributed by atoms with Crippen molar-refractivity contribution in [3.63, 3.8) is 0 Å². The molecular formula is C17H21N3O3. The minimum absolute atomic E-state index is 0.0984. The molecule has 122 valence electrons. The molecule has 0 aliphatic heterocycles. The highest BCUT2D eigenvalue weighted by Crippen LogP contribution is 2.18. The largest absolute Gasteiger partial charge is 0.480 e. The van der Waals surface area contributed by atoms with Crippen molar-refractivity contribution in [2.75, 3.05) is 0 Å². The second-order valence-electron chi connectivity index (χ2n) is 6.05. The molecule has 0 atom stereocenters. The molecule has 6 nitrogen and oxygen atoms in total. The number of benzene rings is 1. The lowest BCUT2D eigenvalue weighted by Crippen LogP contribution is -2.50. The van der Waals surface area contributed by atoms with Crippen LogP contribution in [0.25, 0.3) is 5.69 Å². The monoisotopic (exact) mass is 315 g/mol. The molecule has 0 saturated heterocycles. The fourth-order valence-corrected chi connectivity index (χ4v) is 2.36. The van der Waals surface area contributed by atoms with Crippen molar-refractivity contribution in [2.24, 2.45) is 0 Å². The van der Waals surface area contributed by atoms with Gasteiger partial charge in [0.25, 0.3) is 0 Å². The summed E-state index contributed by atoms with van der Waals surface area (Å²) in [6.07, 6.45) is 0.0984. The molecule has 0 saturated carbocycles. The second kappa shape index (κ2) is 6.24. The van der Waals surface area contributed by atoms with Crippen LogP contribution in [-0.2, 0) is 16.0 Å². The quantitative estimate of drug-likeness (QED) is 0.884. The Kier molecular flexibility index (Phi) is 4.54. The summed E-state index contributed by atoms with van der Waals surface area (Å²) < 4.78 is 1.79.